The summed E-state index contributed by atoms with van der Waals surface area (Å²) in [5, 5.41) is 0. The molecule has 1 saturated heterocycles. The van der Waals surface area contributed by atoms with Gasteiger partial charge in [-0.2, -0.15) is 0 Å². The average Bonchev–Trinajstić information content (AvgIpc) is 3.35. The summed E-state index contributed by atoms with van der Waals surface area (Å²) in [6.45, 7) is 3.12. The van der Waals surface area contributed by atoms with Gasteiger partial charge in [-0.25, -0.2) is 4.98 Å². The van der Waals surface area contributed by atoms with E-state index in [1.807, 2.05) is 23.1 Å². The van der Waals surface area contributed by atoms with Crippen LogP contribution >= 0.6 is 0 Å². The molecular weight excluding hydrogens is 396 g/mol. The maximum absolute atomic E-state index is 13.8. The van der Waals surface area contributed by atoms with E-state index >= 15 is 0 Å². The van der Waals surface area contributed by atoms with E-state index in [4.69, 9.17) is 9.47 Å². The van der Waals surface area contributed by atoms with E-state index in [9.17, 15) is 9.59 Å². The predicted molar refractivity (Wildman–Crippen MR) is 112 cm³/mol. The summed E-state index contributed by atoms with van der Waals surface area (Å²) in [5.41, 5.74) is 0.829. The highest BCUT2D eigenvalue weighted by atomic mass is 16.6. The predicted octanol–water partition coefficient (Wildman–Crippen LogP) is 2.04. The number of fused-ring (bicyclic) bond motifs is 1. The molecule has 0 bridgehead atoms. The van der Waals surface area contributed by atoms with Crippen LogP contribution in [0.15, 0.2) is 36.8 Å². The number of nitrogens with zero attached hydrogens (tertiary/aromatic N) is 4. The van der Waals surface area contributed by atoms with Crippen LogP contribution in [0.25, 0.3) is 0 Å². The molecule has 0 radical (unpaired) electrons. The minimum atomic E-state index is -0.521. The monoisotopic (exact) mass is 422 g/mol. The number of rotatable bonds is 3. The lowest BCUT2D eigenvalue weighted by Gasteiger charge is -2.40. The summed E-state index contributed by atoms with van der Waals surface area (Å²) >= 11 is 0. The van der Waals surface area contributed by atoms with Crippen molar-refractivity contribution in [3.05, 3.63) is 48.0 Å². The highest BCUT2D eigenvalue weighted by Gasteiger charge is 2.46. The van der Waals surface area contributed by atoms with Crippen molar-refractivity contribution < 1.29 is 19.1 Å². The molecule has 0 N–H and O–H groups in total. The number of carbonyl (C=O) groups is 2. The molecule has 8 heteroatoms. The van der Waals surface area contributed by atoms with Crippen LogP contribution in [0.3, 0.4) is 0 Å². The van der Waals surface area contributed by atoms with Crippen molar-refractivity contribution in [2.45, 2.75) is 31.1 Å². The van der Waals surface area contributed by atoms with Gasteiger partial charge in [0.15, 0.2) is 11.5 Å². The molecule has 0 spiro atoms. The third-order valence-corrected chi connectivity index (χ3v) is 6.60. The molecule has 2 amide bonds. The molecule has 2 aromatic rings. The Morgan fingerprint density at radius 2 is 1.61 bits per heavy atom. The first-order valence-electron chi connectivity index (χ1n) is 10.9. The second-order valence-corrected chi connectivity index (χ2v) is 8.32. The minimum Gasteiger partial charge on any atom is -0.486 e. The summed E-state index contributed by atoms with van der Waals surface area (Å²) in [4.78, 5) is 38.2. The summed E-state index contributed by atoms with van der Waals surface area (Å²) in [6, 6.07) is 5.94. The van der Waals surface area contributed by atoms with Crippen molar-refractivity contribution in [1.29, 1.82) is 0 Å². The molecule has 3 heterocycles. The van der Waals surface area contributed by atoms with Gasteiger partial charge in [-0.05, 0) is 30.5 Å². The van der Waals surface area contributed by atoms with Crippen LogP contribution in [0.5, 0.6) is 11.5 Å². The molecular formula is C23H26N4O4. The van der Waals surface area contributed by atoms with E-state index < -0.39 is 5.41 Å². The van der Waals surface area contributed by atoms with Gasteiger partial charge in [0.25, 0.3) is 5.91 Å². The minimum absolute atomic E-state index is 0.136. The Morgan fingerprint density at radius 3 is 2.32 bits per heavy atom. The van der Waals surface area contributed by atoms with E-state index in [2.05, 4.69) is 9.97 Å². The third kappa shape index (κ3) is 3.60. The van der Waals surface area contributed by atoms with Crippen molar-refractivity contribution in [1.82, 2.24) is 19.8 Å². The normalized spacial score (nSPS) is 19.9. The molecule has 162 valence electrons. The Morgan fingerprint density at radius 1 is 0.903 bits per heavy atom. The van der Waals surface area contributed by atoms with Gasteiger partial charge >= 0.3 is 0 Å². The summed E-state index contributed by atoms with van der Waals surface area (Å²) in [6.07, 6.45) is 8.29. The lowest BCUT2D eigenvalue weighted by molar-refractivity contribution is -0.138. The van der Waals surface area contributed by atoms with Crippen LogP contribution in [0.4, 0.5) is 0 Å². The first-order chi connectivity index (χ1) is 15.2. The number of hydrogen-bond donors (Lipinski definition) is 0. The summed E-state index contributed by atoms with van der Waals surface area (Å²) in [5.74, 6) is 1.49. The van der Waals surface area contributed by atoms with Gasteiger partial charge < -0.3 is 19.3 Å². The second-order valence-electron chi connectivity index (χ2n) is 8.32. The fourth-order valence-corrected chi connectivity index (χ4v) is 4.93. The molecule has 5 rings (SSSR count). The molecule has 31 heavy (non-hydrogen) atoms. The Kier molecular flexibility index (Phi) is 5.21. The Hall–Kier alpha value is -3.16. The van der Waals surface area contributed by atoms with Crippen molar-refractivity contribution in [2.24, 2.45) is 0 Å². The van der Waals surface area contributed by atoms with Gasteiger partial charge in [0, 0.05) is 38.6 Å². The Bertz CT molecular complexity index is 967. The highest BCUT2D eigenvalue weighted by Crippen LogP contribution is 2.45. The molecule has 2 aliphatic heterocycles. The van der Waals surface area contributed by atoms with Crippen LogP contribution < -0.4 is 9.47 Å². The van der Waals surface area contributed by atoms with Gasteiger partial charge in [0.05, 0.1) is 11.6 Å². The van der Waals surface area contributed by atoms with E-state index in [1.54, 1.807) is 11.1 Å². The molecule has 8 nitrogen and oxygen atoms in total. The zero-order valence-corrected chi connectivity index (χ0v) is 17.5. The Labute approximate surface area is 181 Å². The average molecular weight is 422 g/mol. The smallest absolute Gasteiger partial charge is 0.274 e. The highest BCUT2D eigenvalue weighted by molar-refractivity contribution is 5.92. The third-order valence-electron chi connectivity index (χ3n) is 6.60. The first-order valence-corrected chi connectivity index (χ1v) is 10.9. The molecule has 2 fully saturated rings. The van der Waals surface area contributed by atoms with Crippen molar-refractivity contribution in [3.8, 4) is 11.5 Å². The number of ether oxygens (including phenoxy) is 2. The lowest BCUT2D eigenvalue weighted by atomic mass is 9.77. The zero-order chi connectivity index (χ0) is 21.3. The van der Waals surface area contributed by atoms with Crippen LogP contribution in [-0.2, 0) is 10.2 Å². The van der Waals surface area contributed by atoms with E-state index in [0.717, 1.165) is 42.7 Å². The second kappa shape index (κ2) is 8.17. The van der Waals surface area contributed by atoms with Crippen LogP contribution in [0.1, 0.15) is 41.7 Å². The molecule has 0 atom stereocenters. The van der Waals surface area contributed by atoms with Crippen LogP contribution in [-0.4, -0.2) is 71.0 Å². The maximum atomic E-state index is 13.8. The van der Waals surface area contributed by atoms with E-state index in [1.165, 1.54) is 12.4 Å². The number of carbonyl (C=O) groups excluding carboxylic acids is 2. The van der Waals surface area contributed by atoms with E-state index in [-0.39, 0.29) is 11.8 Å². The molecule has 1 aromatic carbocycles. The standard InChI is InChI=1S/C23H26N4O4/c28-21(18-16-24-7-8-25-18)26-9-11-27(12-10-26)22(29)23(5-1-2-6-23)17-3-4-19-20(15-17)31-14-13-30-19/h3-4,7-8,15-16H,1-2,5-6,9-14H2. The fourth-order valence-electron chi connectivity index (χ4n) is 4.93. The largest absolute Gasteiger partial charge is 0.486 e. The van der Waals surface area contributed by atoms with E-state index in [0.29, 0.717) is 45.1 Å². The van der Waals surface area contributed by atoms with Crippen molar-refractivity contribution in [2.75, 3.05) is 39.4 Å². The van der Waals surface area contributed by atoms with Gasteiger partial charge in [-0.15, -0.1) is 0 Å². The van der Waals surface area contributed by atoms with Crippen molar-refractivity contribution in [3.63, 3.8) is 0 Å². The van der Waals surface area contributed by atoms with Crippen LogP contribution in [0, 0.1) is 0 Å². The molecule has 1 aromatic heterocycles. The number of aromatic nitrogens is 2. The number of benzene rings is 1. The van der Waals surface area contributed by atoms with Gasteiger partial charge in [-0.1, -0.05) is 18.9 Å². The topological polar surface area (TPSA) is 84.9 Å². The van der Waals surface area contributed by atoms with Gasteiger partial charge in [0.2, 0.25) is 5.91 Å². The Balaban J connectivity index is 1.32. The van der Waals surface area contributed by atoms with Gasteiger partial charge in [-0.3, -0.25) is 14.6 Å². The number of hydrogen-bond acceptors (Lipinski definition) is 6. The SMILES string of the molecule is O=C(c1cnccn1)N1CCN(C(=O)C2(c3ccc4c(c3)OCCO4)CCCC2)CC1. The van der Waals surface area contributed by atoms with Gasteiger partial charge in [0.1, 0.15) is 18.9 Å². The molecule has 0 unspecified atom stereocenters. The van der Waals surface area contributed by atoms with Crippen molar-refractivity contribution >= 4 is 11.8 Å². The molecule has 3 aliphatic rings. The lowest BCUT2D eigenvalue weighted by Crippen LogP contribution is -2.55. The quantitative estimate of drug-likeness (QED) is 0.753. The zero-order valence-electron chi connectivity index (χ0n) is 17.5. The molecule has 1 saturated carbocycles. The number of amides is 2. The first kappa shape index (κ1) is 19.8. The maximum Gasteiger partial charge on any atom is 0.274 e. The summed E-state index contributed by atoms with van der Waals surface area (Å²) < 4.78 is 11.4. The fraction of sp³-hybridized carbons (Fsp3) is 0.478. The molecule has 1 aliphatic carbocycles. The number of piperazine rings is 1. The van der Waals surface area contributed by atoms with Crippen LogP contribution in [0.2, 0.25) is 0 Å². The summed E-state index contributed by atoms with van der Waals surface area (Å²) in [7, 11) is 0.